The Kier molecular flexibility index (Phi) is 3.28. The molecule has 100 valence electrons. The third kappa shape index (κ3) is 2.65. The van der Waals surface area contributed by atoms with Gasteiger partial charge < -0.3 is 9.88 Å². The van der Waals surface area contributed by atoms with E-state index in [9.17, 15) is 4.79 Å². The Labute approximate surface area is 113 Å². The van der Waals surface area contributed by atoms with E-state index in [1.54, 1.807) is 0 Å². The number of carbonyl (C=O) groups is 1. The molecule has 1 aliphatic rings. The predicted molar refractivity (Wildman–Crippen MR) is 77.2 cm³/mol. The van der Waals surface area contributed by atoms with Crippen LogP contribution >= 0.6 is 0 Å². The van der Waals surface area contributed by atoms with Gasteiger partial charge in [-0.3, -0.25) is 4.79 Å². The van der Waals surface area contributed by atoms with Crippen molar-refractivity contribution in [1.82, 2.24) is 9.88 Å². The first-order chi connectivity index (χ1) is 9.28. The first kappa shape index (κ1) is 12.3. The fraction of sp³-hybridized carbons (Fsp3) is 0.438. The van der Waals surface area contributed by atoms with Crippen molar-refractivity contribution >= 4 is 16.8 Å². The van der Waals surface area contributed by atoms with E-state index in [4.69, 9.17) is 0 Å². The van der Waals surface area contributed by atoms with E-state index in [1.165, 1.54) is 12.8 Å². The average molecular weight is 256 g/mol. The zero-order valence-electron chi connectivity index (χ0n) is 11.4. The topological polar surface area (TPSA) is 36.1 Å². The van der Waals surface area contributed by atoms with E-state index in [2.05, 4.69) is 11.9 Å². The Hall–Kier alpha value is -1.77. The van der Waals surface area contributed by atoms with E-state index in [0.29, 0.717) is 0 Å². The molecule has 0 saturated heterocycles. The van der Waals surface area contributed by atoms with Gasteiger partial charge in [0.15, 0.2) is 0 Å². The third-order valence-electron chi connectivity index (χ3n) is 3.72. The zero-order valence-corrected chi connectivity index (χ0v) is 11.4. The van der Waals surface area contributed by atoms with Crippen molar-refractivity contribution in [1.29, 1.82) is 0 Å². The molecule has 0 aliphatic heterocycles. The lowest BCUT2D eigenvalue weighted by Crippen LogP contribution is -2.33. The second kappa shape index (κ2) is 5.08. The number of para-hydroxylation sites is 1. The number of benzene rings is 1. The number of aromatic nitrogens is 1. The molecule has 0 radical (unpaired) electrons. The van der Waals surface area contributed by atoms with Crippen LogP contribution < -0.4 is 0 Å². The van der Waals surface area contributed by atoms with Gasteiger partial charge in [-0.15, -0.1) is 0 Å². The number of hydrogen-bond acceptors (Lipinski definition) is 1. The normalized spacial score (nSPS) is 14.8. The minimum Gasteiger partial charge on any atom is -0.351 e. The molecule has 0 unspecified atom stereocenters. The van der Waals surface area contributed by atoms with Gasteiger partial charge in [-0.05, 0) is 37.3 Å². The number of rotatable bonds is 5. The maximum atomic E-state index is 12.6. The van der Waals surface area contributed by atoms with Crippen LogP contribution in [0.5, 0.6) is 0 Å². The molecular weight excluding hydrogens is 236 g/mol. The summed E-state index contributed by atoms with van der Waals surface area (Å²) in [5.41, 5.74) is 1.75. The number of nitrogens with zero attached hydrogens (tertiary/aromatic N) is 1. The minimum absolute atomic E-state index is 0.143. The molecule has 1 N–H and O–H groups in total. The maximum Gasteiger partial charge on any atom is 0.270 e. The quantitative estimate of drug-likeness (QED) is 0.874. The van der Waals surface area contributed by atoms with Crippen LogP contribution in [0.2, 0.25) is 0 Å². The molecule has 1 saturated carbocycles. The molecule has 0 bridgehead atoms. The zero-order chi connectivity index (χ0) is 13.2. The van der Waals surface area contributed by atoms with Crippen molar-refractivity contribution in [2.45, 2.75) is 26.2 Å². The van der Waals surface area contributed by atoms with Gasteiger partial charge in [-0.1, -0.05) is 25.1 Å². The lowest BCUT2D eigenvalue weighted by atomic mass is 10.2. The van der Waals surface area contributed by atoms with Crippen LogP contribution in [0.3, 0.4) is 0 Å². The highest BCUT2D eigenvalue weighted by molar-refractivity contribution is 5.98. The van der Waals surface area contributed by atoms with Crippen LogP contribution in [0.25, 0.3) is 10.9 Å². The highest BCUT2D eigenvalue weighted by Crippen LogP contribution is 2.30. The van der Waals surface area contributed by atoms with Gasteiger partial charge >= 0.3 is 0 Å². The van der Waals surface area contributed by atoms with Crippen LogP contribution in [0, 0.1) is 5.92 Å². The van der Waals surface area contributed by atoms with E-state index >= 15 is 0 Å². The Morgan fingerprint density at radius 3 is 2.84 bits per heavy atom. The van der Waals surface area contributed by atoms with Crippen molar-refractivity contribution < 1.29 is 4.79 Å². The molecule has 3 rings (SSSR count). The van der Waals surface area contributed by atoms with Crippen molar-refractivity contribution in [2.75, 3.05) is 13.1 Å². The Bertz CT molecular complexity index is 550. The van der Waals surface area contributed by atoms with Crippen molar-refractivity contribution in [2.24, 2.45) is 5.92 Å². The summed E-state index contributed by atoms with van der Waals surface area (Å²) in [7, 11) is 0. The fourth-order valence-electron chi connectivity index (χ4n) is 2.52. The first-order valence-electron chi connectivity index (χ1n) is 7.15. The molecule has 3 nitrogen and oxygen atoms in total. The van der Waals surface area contributed by atoms with Crippen molar-refractivity contribution in [3.8, 4) is 0 Å². The highest BCUT2D eigenvalue weighted by Gasteiger charge is 2.27. The molecular formula is C16H20N2O. The van der Waals surface area contributed by atoms with E-state index < -0.39 is 0 Å². The fourth-order valence-corrected chi connectivity index (χ4v) is 2.52. The van der Waals surface area contributed by atoms with E-state index in [0.717, 1.165) is 42.0 Å². The van der Waals surface area contributed by atoms with Gasteiger partial charge in [-0.2, -0.15) is 0 Å². The van der Waals surface area contributed by atoms with Crippen LogP contribution in [0.15, 0.2) is 30.3 Å². The number of hydrogen-bond donors (Lipinski definition) is 1. The van der Waals surface area contributed by atoms with Crippen LogP contribution in [-0.4, -0.2) is 28.9 Å². The Morgan fingerprint density at radius 1 is 1.37 bits per heavy atom. The number of nitrogens with one attached hydrogen (secondary N) is 1. The summed E-state index contributed by atoms with van der Waals surface area (Å²) in [4.78, 5) is 17.8. The SMILES string of the molecule is CCCN(CC1CC1)C(=O)c1cc2ccccc2[nH]1. The first-order valence-corrected chi connectivity index (χ1v) is 7.15. The summed E-state index contributed by atoms with van der Waals surface area (Å²) in [5.74, 6) is 0.879. The Balaban J connectivity index is 1.83. The molecule has 1 heterocycles. The molecule has 0 atom stereocenters. The van der Waals surface area contributed by atoms with Gasteiger partial charge in [0, 0.05) is 24.0 Å². The second-order valence-electron chi connectivity index (χ2n) is 5.46. The summed E-state index contributed by atoms with van der Waals surface area (Å²) < 4.78 is 0. The molecule has 1 amide bonds. The van der Waals surface area contributed by atoms with Gasteiger partial charge in [-0.25, -0.2) is 0 Å². The standard InChI is InChI=1S/C16H20N2O/c1-2-9-18(11-12-7-8-12)16(19)15-10-13-5-3-4-6-14(13)17-15/h3-6,10,12,17H,2,7-9,11H2,1H3. The van der Waals surface area contributed by atoms with Gasteiger partial charge in [0.25, 0.3) is 5.91 Å². The molecule has 1 aromatic carbocycles. The smallest absolute Gasteiger partial charge is 0.270 e. The van der Waals surface area contributed by atoms with E-state index in [1.807, 2.05) is 35.2 Å². The summed E-state index contributed by atoms with van der Waals surface area (Å²) in [5, 5.41) is 1.11. The maximum absolute atomic E-state index is 12.6. The summed E-state index contributed by atoms with van der Waals surface area (Å²) in [6.07, 6.45) is 3.57. The summed E-state index contributed by atoms with van der Waals surface area (Å²) >= 11 is 0. The van der Waals surface area contributed by atoms with Gasteiger partial charge in [0.05, 0.1) is 0 Å². The molecule has 1 fully saturated rings. The second-order valence-corrected chi connectivity index (χ2v) is 5.46. The lowest BCUT2D eigenvalue weighted by Gasteiger charge is -2.21. The average Bonchev–Trinajstić information content (AvgIpc) is 3.13. The largest absolute Gasteiger partial charge is 0.351 e. The molecule has 19 heavy (non-hydrogen) atoms. The van der Waals surface area contributed by atoms with Gasteiger partial charge in [0.2, 0.25) is 0 Å². The highest BCUT2D eigenvalue weighted by atomic mass is 16.2. The molecule has 1 aromatic heterocycles. The van der Waals surface area contributed by atoms with Crippen molar-refractivity contribution in [3.63, 3.8) is 0 Å². The lowest BCUT2D eigenvalue weighted by molar-refractivity contribution is 0.0743. The summed E-state index contributed by atoms with van der Waals surface area (Å²) in [6, 6.07) is 10.00. The molecule has 3 heteroatoms. The van der Waals surface area contributed by atoms with Crippen molar-refractivity contribution in [3.05, 3.63) is 36.0 Å². The number of aromatic amines is 1. The molecule has 2 aromatic rings. The molecule has 0 spiro atoms. The van der Waals surface area contributed by atoms with Crippen LogP contribution in [0.1, 0.15) is 36.7 Å². The number of amides is 1. The number of H-pyrrole nitrogens is 1. The third-order valence-corrected chi connectivity index (χ3v) is 3.72. The van der Waals surface area contributed by atoms with Crippen LogP contribution in [0.4, 0.5) is 0 Å². The molecule has 1 aliphatic carbocycles. The van der Waals surface area contributed by atoms with Gasteiger partial charge in [0.1, 0.15) is 5.69 Å². The predicted octanol–water partition coefficient (Wildman–Crippen LogP) is 3.43. The van der Waals surface area contributed by atoms with Crippen LogP contribution in [-0.2, 0) is 0 Å². The Morgan fingerprint density at radius 2 is 2.16 bits per heavy atom. The van der Waals surface area contributed by atoms with E-state index in [-0.39, 0.29) is 5.91 Å². The minimum atomic E-state index is 0.143. The number of fused-ring (bicyclic) bond motifs is 1. The summed E-state index contributed by atoms with van der Waals surface area (Å²) in [6.45, 7) is 3.89. The monoisotopic (exact) mass is 256 g/mol. The number of carbonyl (C=O) groups excluding carboxylic acids is 1.